The summed E-state index contributed by atoms with van der Waals surface area (Å²) in [6.45, 7) is 3.47. The lowest BCUT2D eigenvalue weighted by Crippen LogP contribution is -2.29. The predicted molar refractivity (Wildman–Crippen MR) is 83.0 cm³/mol. The molecule has 2 aliphatic carbocycles. The first-order chi connectivity index (χ1) is 9.80. The van der Waals surface area contributed by atoms with Crippen molar-refractivity contribution in [1.29, 1.82) is 0 Å². The Morgan fingerprint density at radius 1 is 1.20 bits per heavy atom. The Balaban J connectivity index is 1.56. The summed E-state index contributed by atoms with van der Waals surface area (Å²) >= 11 is 0. The van der Waals surface area contributed by atoms with Crippen LogP contribution >= 0.6 is 0 Å². The van der Waals surface area contributed by atoms with Crippen LogP contribution in [0.15, 0.2) is 24.3 Å². The fourth-order valence-electron chi connectivity index (χ4n) is 4.25. The molecule has 2 bridgehead atoms. The summed E-state index contributed by atoms with van der Waals surface area (Å²) in [5.74, 6) is 3.94. The maximum atomic E-state index is 5.24. The van der Waals surface area contributed by atoms with Crippen molar-refractivity contribution >= 4 is 0 Å². The molecule has 4 unspecified atom stereocenters. The van der Waals surface area contributed by atoms with Gasteiger partial charge >= 0.3 is 0 Å². The number of rotatable bonds is 6. The van der Waals surface area contributed by atoms with Gasteiger partial charge in [0.2, 0.25) is 0 Å². The third-order valence-electron chi connectivity index (χ3n) is 5.44. The Kier molecular flexibility index (Phi) is 4.30. The highest BCUT2D eigenvalue weighted by molar-refractivity contribution is 5.29. The van der Waals surface area contributed by atoms with Gasteiger partial charge in [-0.25, -0.2) is 0 Å². The predicted octanol–water partition coefficient (Wildman–Crippen LogP) is 4.17. The molecule has 0 amide bonds. The third kappa shape index (κ3) is 2.85. The Hall–Kier alpha value is -1.02. The summed E-state index contributed by atoms with van der Waals surface area (Å²) in [7, 11) is 1.72. The summed E-state index contributed by atoms with van der Waals surface area (Å²) < 4.78 is 5.24. The van der Waals surface area contributed by atoms with Crippen molar-refractivity contribution in [2.24, 2.45) is 17.8 Å². The van der Waals surface area contributed by atoms with Crippen molar-refractivity contribution in [3.05, 3.63) is 29.8 Å². The largest absolute Gasteiger partial charge is 0.497 e. The maximum absolute atomic E-state index is 5.24. The lowest BCUT2D eigenvalue weighted by Gasteiger charge is -2.25. The van der Waals surface area contributed by atoms with E-state index in [-0.39, 0.29) is 0 Å². The van der Waals surface area contributed by atoms with Gasteiger partial charge in [0.15, 0.2) is 0 Å². The van der Waals surface area contributed by atoms with Crippen LogP contribution in [-0.4, -0.2) is 13.7 Å². The molecule has 1 N–H and O–H groups in total. The summed E-state index contributed by atoms with van der Waals surface area (Å²) in [6.07, 6.45) is 7.10. The minimum absolute atomic E-state index is 0.486. The van der Waals surface area contributed by atoms with Crippen molar-refractivity contribution in [2.75, 3.05) is 13.7 Å². The highest BCUT2D eigenvalue weighted by Crippen LogP contribution is 2.48. The van der Waals surface area contributed by atoms with Crippen LogP contribution in [0.1, 0.15) is 50.6 Å². The van der Waals surface area contributed by atoms with Crippen LogP contribution in [0, 0.1) is 17.8 Å². The first kappa shape index (κ1) is 13.9. The first-order valence-corrected chi connectivity index (χ1v) is 8.17. The Morgan fingerprint density at radius 3 is 2.55 bits per heavy atom. The molecule has 3 rings (SSSR count). The molecule has 4 atom stereocenters. The molecule has 2 saturated carbocycles. The molecule has 0 aliphatic heterocycles. The van der Waals surface area contributed by atoms with E-state index < -0.39 is 0 Å². The van der Waals surface area contributed by atoms with Crippen LogP contribution in [0.25, 0.3) is 0 Å². The van der Waals surface area contributed by atoms with Crippen LogP contribution in [0.2, 0.25) is 0 Å². The number of hydrogen-bond donors (Lipinski definition) is 1. The maximum Gasteiger partial charge on any atom is 0.118 e. The zero-order valence-electron chi connectivity index (χ0n) is 12.8. The molecule has 0 aromatic heterocycles. The second kappa shape index (κ2) is 6.17. The topological polar surface area (TPSA) is 21.3 Å². The molecule has 20 heavy (non-hydrogen) atoms. The molecule has 1 aromatic rings. The van der Waals surface area contributed by atoms with Crippen LogP contribution in [0.5, 0.6) is 5.75 Å². The lowest BCUT2D eigenvalue weighted by atomic mass is 9.88. The van der Waals surface area contributed by atoms with E-state index in [1.165, 1.54) is 37.8 Å². The zero-order chi connectivity index (χ0) is 13.9. The number of ether oxygens (including phenoxy) is 1. The fourth-order valence-corrected chi connectivity index (χ4v) is 4.25. The zero-order valence-corrected chi connectivity index (χ0v) is 12.8. The number of hydrogen-bond acceptors (Lipinski definition) is 2. The normalized spacial score (nSPS) is 29.6. The molecule has 2 nitrogen and oxygen atoms in total. The van der Waals surface area contributed by atoms with Crippen molar-refractivity contribution in [3.63, 3.8) is 0 Å². The summed E-state index contributed by atoms with van der Waals surface area (Å²) in [5.41, 5.74) is 1.39. The highest BCUT2D eigenvalue weighted by Gasteiger charge is 2.39. The Bertz CT molecular complexity index is 428. The van der Waals surface area contributed by atoms with Gasteiger partial charge in [-0.1, -0.05) is 25.5 Å². The SMILES string of the molecule is CCC(NCC1CC2CCC1C2)c1ccc(OC)cc1. The molecule has 110 valence electrons. The van der Waals surface area contributed by atoms with E-state index in [2.05, 4.69) is 36.5 Å². The quantitative estimate of drug-likeness (QED) is 0.840. The Morgan fingerprint density at radius 2 is 2.00 bits per heavy atom. The number of nitrogens with one attached hydrogen (secondary N) is 1. The van der Waals surface area contributed by atoms with E-state index in [9.17, 15) is 0 Å². The van der Waals surface area contributed by atoms with E-state index in [0.717, 1.165) is 29.9 Å². The molecular formula is C18H27NO. The lowest BCUT2D eigenvalue weighted by molar-refractivity contribution is 0.304. The summed E-state index contributed by atoms with van der Waals surface area (Å²) in [4.78, 5) is 0. The molecule has 2 fully saturated rings. The smallest absolute Gasteiger partial charge is 0.118 e. The van der Waals surface area contributed by atoms with Gasteiger partial charge in [-0.05, 0) is 67.7 Å². The minimum atomic E-state index is 0.486. The standard InChI is InChI=1S/C18H27NO/c1-3-18(14-6-8-17(20-2)9-7-14)19-12-16-11-13-4-5-15(16)10-13/h6-9,13,15-16,18-19H,3-5,10-12H2,1-2H3. The van der Waals surface area contributed by atoms with Crippen molar-refractivity contribution in [1.82, 2.24) is 5.32 Å². The minimum Gasteiger partial charge on any atom is -0.497 e. The van der Waals surface area contributed by atoms with Gasteiger partial charge in [-0.3, -0.25) is 0 Å². The van der Waals surface area contributed by atoms with Gasteiger partial charge < -0.3 is 10.1 Å². The second-order valence-electron chi connectivity index (χ2n) is 6.58. The van der Waals surface area contributed by atoms with Crippen LogP contribution in [-0.2, 0) is 0 Å². The molecule has 2 aliphatic rings. The van der Waals surface area contributed by atoms with Crippen LogP contribution in [0.4, 0.5) is 0 Å². The van der Waals surface area contributed by atoms with E-state index in [1.807, 2.05) is 0 Å². The average Bonchev–Trinajstić information content (AvgIpc) is 3.11. The van der Waals surface area contributed by atoms with Gasteiger partial charge in [-0.2, -0.15) is 0 Å². The summed E-state index contributed by atoms with van der Waals surface area (Å²) in [5, 5.41) is 3.81. The molecular weight excluding hydrogens is 246 g/mol. The Labute approximate surface area is 122 Å². The molecule has 0 heterocycles. The molecule has 0 spiro atoms. The fraction of sp³-hybridized carbons (Fsp3) is 0.667. The van der Waals surface area contributed by atoms with Crippen molar-refractivity contribution < 1.29 is 4.74 Å². The van der Waals surface area contributed by atoms with E-state index in [1.54, 1.807) is 7.11 Å². The van der Waals surface area contributed by atoms with Crippen LogP contribution in [0.3, 0.4) is 0 Å². The van der Waals surface area contributed by atoms with E-state index >= 15 is 0 Å². The molecule has 0 saturated heterocycles. The number of benzene rings is 1. The van der Waals surface area contributed by atoms with E-state index in [4.69, 9.17) is 4.74 Å². The number of methoxy groups -OCH3 is 1. The molecule has 1 aromatic carbocycles. The number of fused-ring (bicyclic) bond motifs is 2. The van der Waals surface area contributed by atoms with Crippen molar-refractivity contribution in [3.8, 4) is 5.75 Å². The second-order valence-corrected chi connectivity index (χ2v) is 6.58. The van der Waals surface area contributed by atoms with E-state index in [0.29, 0.717) is 6.04 Å². The summed E-state index contributed by atoms with van der Waals surface area (Å²) in [6, 6.07) is 9.01. The molecule has 0 radical (unpaired) electrons. The highest BCUT2D eigenvalue weighted by atomic mass is 16.5. The monoisotopic (exact) mass is 273 g/mol. The van der Waals surface area contributed by atoms with Gasteiger partial charge in [0.05, 0.1) is 7.11 Å². The first-order valence-electron chi connectivity index (χ1n) is 8.17. The van der Waals surface area contributed by atoms with Gasteiger partial charge in [0.25, 0.3) is 0 Å². The van der Waals surface area contributed by atoms with Gasteiger partial charge in [0.1, 0.15) is 5.75 Å². The van der Waals surface area contributed by atoms with Crippen LogP contribution < -0.4 is 10.1 Å². The van der Waals surface area contributed by atoms with Crippen molar-refractivity contribution in [2.45, 2.75) is 45.1 Å². The molecule has 2 heteroatoms. The average molecular weight is 273 g/mol. The third-order valence-corrected chi connectivity index (χ3v) is 5.44. The van der Waals surface area contributed by atoms with Gasteiger partial charge in [0, 0.05) is 6.04 Å². The van der Waals surface area contributed by atoms with Gasteiger partial charge in [-0.15, -0.1) is 0 Å².